The van der Waals surface area contributed by atoms with Gasteiger partial charge in [0.1, 0.15) is 0 Å². The van der Waals surface area contributed by atoms with Crippen LogP contribution >= 0.6 is 24.8 Å². The van der Waals surface area contributed by atoms with Crippen molar-refractivity contribution in [1.29, 1.82) is 0 Å². The standard InChI is InChI=1S/C12H11Si.2C8H13Si.2ClH.Hf/c1-3-7-11(8-4-1)13-12-9-5-2-6-10-12;2*1-9(2,3)8-6-4-5-7-8;;;/h1-10,13H;2*6-7H,4H2,1-3H3;2*1H;. The van der Waals surface area contributed by atoms with Gasteiger partial charge < -0.3 is 0 Å². The molecule has 2 aliphatic rings. The Morgan fingerprint density at radius 2 is 0.941 bits per heavy atom. The molecule has 0 fully saturated rings. The van der Waals surface area contributed by atoms with Gasteiger partial charge in [-0.1, -0.05) is 0 Å². The zero-order valence-electron chi connectivity index (χ0n) is 21.4. The summed E-state index contributed by atoms with van der Waals surface area (Å²) in [6.45, 7) is 15.0. The van der Waals surface area contributed by atoms with Crippen molar-refractivity contribution in [1.82, 2.24) is 0 Å². The van der Waals surface area contributed by atoms with E-state index >= 15 is 0 Å². The number of hydrogen-bond acceptors (Lipinski definition) is 0. The molecule has 0 aromatic heterocycles. The van der Waals surface area contributed by atoms with Crippen molar-refractivity contribution >= 4 is 57.3 Å². The maximum absolute atomic E-state index is 2.72. The Hall–Kier alpha value is -0.499. The summed E-state index contributed by atoms with van der Waals surface area (Å²) in [4.78, 5) is 0. The second-order valence-corrected chi connectivity index (χ2v) is 42.1. The number of hydrogen-bond donors (Lipinski definition) is 0. The molecule has 0 aliphatic heterocycles. The molecule has 34 heavy (non-hydrogen) atoms. The summed E-state index contributed by atoms with van der Waals surface area (Å²) in [6.07, 6.45) is 13.1. The smallest absolute Gasteiger partial charge is 0.147 e. The van der Waals surface area contributed by atoms with Gasteiger partial charge in [0.25, 0.3) is 0 Å². The van der Waals surface area contributed by atoms with Crippen molar-refractivity contribution < 1.29 is 20.6 Å². The number of halogens is 2. The van der Waals surface area contributed by atoms with Crippen molar-refractivity contribution in [2.75, 3.05) is 0 Å². The van der Waals surface area contributed by atoms with Crippen LogP contribution in [0.5, 0.6) is 0 Å². The van der Waals surface area contributed by atoms with Crippen LogP contribution in [-0.4, -0.2) is 22.1 Å². The van der Waals surface area contributed by atoms with Gasteiger partial charge >= 0.3 is 207 Å². The van der Waals surface area contributed by atoms with E-state index in [1.54, 1.807) is 20.8 Å². The average Bonchev–Trinajstić information content (AvgIpc) is 3.43. The average molecular weight is 709 g/mol. The van der Waals surface area contributed by atoms with E-state index < -0.39 is 42.7 Å². The summed E-state index contributed by atoms with van der Waals surface area (Å²) < 4.78 is 3.77. The van der Waals surface area contributed by atoms with Gasteiger partial charge in [0.05, 0.1) is 0 Å². The fourth-order valence-electron chi connectivity index (χ4n) is 4.87. The molecular weight excluding hydrogens is 670 g/mol. The van der Waals surface area contributed by atoms with E-state index in [9.17, 15) is 0 Å². The molecule has 0 N–H and O–H groups in total. The third-order valence-corrected chi connectivity index (χ3v) is 40.5. The number of allylic oxidation sites excluding steroid dienone is 8. The molecule has 2 aromatic carbocycles. The van der Waals surface area contributed by atoms with Crippen LogP contribution in [0.25, 0.3) is 0 Å². The van der Waals surface area contributed by atoms with Crippen LogP contribution in [0.3, 0.4) is 0 Å². The van der Waals surface area contributed by atoms with Crippen molar-refractivity contribution in [3.63, 3.8) is 0 Å². The summed E-state index contributed by atoms with van der Waals surface area (Å²) in [5.74, 6) is -1.29. The summed E-state index contributed by atoms with van der Waals surface area (Å²) in [6, 6.07) is 23.2. The van der Waals surface area contributed by atoms with E-state index in [0.29, 0.717) is 0 Å². The van der Waals surface area contributed by atoms with Gasteiger partial charge in [0, 0.05) is 0 Å². The van der Waals surface area contributed by atoms with Crippen molar-refractivity contribution in [2.24, 2.45) is 0 Å². The second-order valence-electron chi connectivity index (χ2n) is 11.2. The van der Waals surface area contributed by atoms with Gasteiger partial charge in [0.2, 0.25) is 0 Å². The van der Waals surface area contributed by atoms with Crippen molar-refractivity contribution in [2.45, 2.75) is 52.1 Å². The van der Waals surface area contributed by atoms with Crippen LogP contribution < -0.4 is 10.4 Å². The van der Waals surface area contributed by atoms with E-state index in [0.717, 1.165) is 0 Å². The first-order chi connectivity index (χ1) is 15.1. The van der Waals surface area contributed by atoms with Crippen LogP contribution in [0, 0.1) is 0 Å². The molecule has 0 unspecified atom stereocenters. The Morgan fingerprint density at radius 1 is 0.588 bits per heavy atom. The minimum absolute atomic E-state index is 0. The molecule has 0 bridgehead atoms. The third-order valence-electron chi connectivity index (χ3n) is 6.72. The largest absolute Gasteiger partial charge is 0.147 e. The van der Waals surface area contributed by atoms with Crippen molar-refractivity contribution in [3.8, 4) is 0 Å². The van der Waals surface area contributed by atoms with Crippen molar-refractivity contribution in [3.05, 3.63) is 102 Å². The monoisotopic (exact) mass is 709 g/mol. The van der Waals surface area contributed by atoms with E-state index in [2.05, 4.69) is 124 Å². The quantitative estimate of drug-likeness (QED) is 0.268. The predicted molar refractivity (Wildman–Crippen MR) is 162 cm³/mol. The summed E-state index contributed by atoms with van der Waals surface area (Å²) in [5.41, 5.74) is 0. The molecule has 0 saturated heterocycles. The molecule has 0 nitrogen and oxygen atoms in total. The first kappa shape index (κ1) is 29.7. The Morgan fingerprint density at radius 3 is 1.24 bits per heavy atom. The zero-order valence-corrected chi connectivity index (χ0v) is 29.8. The fourth-order valence-corrected chi connectivity index (χ4v) is 40.2. The fraction of sp³-hybridized carbons (Fsp3) is 0.286. The van der Waals surface area contributed by atoms with Gasteiger partial charge in [-0.25, -0.2) is 0 Å². The van der Waals surface area contributed by atoms with Gasteiger partial charge in [-0.05, 0) is 0 Å². The van der Waals surface area contributed by atoms with Crippen LogP contribution in [0.2, 0.25) is 39.3 Å². The van der Waals surface area contributed by atoms with Crippen LogP contribution in [-0.2, 0) is 20.6 Å². The molecule has 0 radical (unpaired) electrons. The Labute approximate surface area is 230 Å². The molecule has 4 rings (SSSR count). The molecule has 0 heterocycles. The molecule has 0 atom stereocenters. The minimum Gasteiger partial charge on any atom is -0.147 e. The van der Waals surface area contributed by atoms with Gasteiger partial charge in [-0.3, -0.25) is 0 Å². The SMILES string of the molecule is C[Si](C)(C)C1=CC[C]([Hf]([C]2=CC([Si](C)(C)C)=CC2)[SiH](c2ccccc2)c2ccccc2)=C1.Cl.Cl. The molecule has 0 spiro atoms. The molecular formula is C28H39Cl2HfSi3. The summed E-state index contributed by atoms with van der Waals surface area (Å²) in [5, 5.41) is 6.71. The van der Waals surface area contributed by atoms with E-state index in [1.165, 1.54) is 12.8 Å². The molecule has 2 aliphatic carbocycles. The predicted octanol–water partition coefficient (Wildman–Crippen LogP) is 7.17. The Bertz CT molecular complexity index is 1000. The normalized spacial score (nSPS) is 15.6. The van der Waals surface area contributed by atoms with Gasteiger partial charge in [0.15, 0.2) is 0 Å². The van der Waals surface area contributed by atoms with E-state index in [1.807, 2.05) is 6.66 Å². The number of benzene rings is 2. The molecule has 2 aromatic rings. The zero-order chi connectivity index (χ0) is 22.9. The number of rotatable bonds is 7. The van der Waals surface area contributed by atoms with Gasteiger partial charge in [-0.15, -0.1) is 24.8 Å². The van der Waals surface area contributed by atoms with Crippen LogP contribution in [0.4, 0.5) is 0 Å². The second kappa shape index (κ2) is 12.2. The van der Waals surface area contributed by atoms with E-state index in [-0.39, 0.29) is 24.8 Å². The summed E-state index contributed by atoms with van der Waals surface area (Å²) >= 11 is -2.33. The molecule has 0 saturated carbocycles. The first-order valence-corrected chi connectivity index (χ1v) is 30.5. The van der Waals surface area contributed by atoms with Crippen LogP contribution in [0.1, 0.15) is 12.8 Å². The van der Waals surface area contributed by atoms with Gasteiger partial charge in [-0.2, -0.15) is 0 Å². The first-order valence-electron chi connectivity index (χ1n) is 11.9. The Kier molecular flexibility index (Phi) is 10.6. The molecule has 0 amide bonds. The molecule has 6 heteroatoms. The van der Waals surface area contributed by atoms with Crippen LogP contribution in [0.15, 0.2) is 102 Å². The topological polar surface area (TPSA) is 0 Å². The Balaban J connectivity index is 0.00000204. The van der Waals surface area contributed by atoms with E-state index in [4.69, 9.17) is 0 Å². The third kappa shape index (κ3) is 6.83. The maximum Gasteiger partial charge on any atom is -0.147 e. The maximum atomic E-state index is 2.72. The molecule has 181 valence electrons. The summed E-state index contributed by atoms with van der Waals surface area (Å²) in [7, 11) is -2.56. The minimum atomic E-state index is -2.33.